The standard InChI is InChI=1S/C12H15F2NO2/c1-12(2,7-15-11(16)17-3)8-4-5-9(13)10(14)6-8/h4-6H,7H2,1-3H3,(H,15,16). The molecule has 3 nitrogen and oxygen atoms in total. The molecule has 1 aromatic rings. The molecule has 0 aliphatic rings. The molecule has 0 saturated heterocycles. The predicted octanol–water partition coefficient (Wildman–Crippen LogP) is 2.60. The summed E-state index contributed by atoms with van der Waals surface area (Å²) in [6, 6.07) is 3.70. The summed E-state index contributed by atoms with van der Waals surface area (Å²) in [6.07, 6.45) is -0.555. The van der Waals surface area contributed by atoms with Gasteiger partial charge >= 0.3 is 6.09 Å². The number of benzene rings is 1. The van der Waals surface area contributed by atoms with Crippen LogP contribution in [0, 0.1) is 11.6 Å². The summed E-state index contributed by atoms with van der Waals surface area (Å²) in [7, 11) is 1.26. The van der Waals surface area contributed by atoms with Gasteiger partial charge in [-0.2, -0.15) is 0 Å². The third-order valence-corrected chi connectivity index (χ3v) is 2.56. The molecule has 0 heterocycles. The first-order valence-corrected chi connectivity index (χ1v) is 5.14. The van der Waals surface area contributed by atoms with Crippen LogP contribution in [-0.2, 0) is 10.2 Å². The van der Waals surface area contributed by atoms with Gasteiger partial charge in [-0.05, 0) is 17.7 Å². The van der Waals surface area contributed by atoms with E-state index in [9.17, 15) is 13.6 Å². The van der Waals surface area contributed by atoms with Crippen molar-refractivity contribution in [1.82, 2.24) is 5.32 Å². The number of carbonyl (C=O) groups is 1. The lowest BCUT2D eigenvalue weighted by atomic mass is 9.84. The molecule has 0 radical (unpaired) electrons. The molecule has 17 heavy (non-hydrogen) atoms. The van der Waals surface area contributed by atoms with Crippen molar-refractivity contribution in [2.24, 2.45) is 0 Å². The molecular formula is C12H15F2NO2. The normalized spacial score (nSPS) is 11.1. The molecule has 0 spiro atoms. The summed E-state index contributed by atoms with van der Waals surface area (Å²) >= 11 is 0. The van der Waals surface area contributed by atoms with E-state index in [-0.39, 0.29) is 6.54 Å². The second-order valence-electron chi connectivity index (χ2n) is 4.36. The molecule has 0 aliphatic heterocycles. The van der Waals surface area contributed by atoms with Crippen LogP contribution in [0.1, 0.15) is 19.4 Å². The Morgan fingerprint density at radius 3 is 2.53 bits per heavy atom. The molecule has 0 fully saturated rings. The number of methoxy groups -OCH3 is 1. The number of amides is 1. The molecule has 1 rings (SSSR count). The Kier molecular flexibility index (Phi) is 4.04. The summed E-state index contributed by atoms with van der Waals surface area (Å²) in [5, 5.41) is 2.53. The molecule has 1 amide bonds. The Morgan fingerprint density at radius 2 is 2.00 bits per heavy atom. The lowest BCUT2D eigenvalue weighted by molar-refractivity contribution is 0.168. The van der Waals surface area contributed by atoms with Crippen LogP contribution in [-0.4, -0.2) is 19.7 Å². The van der Waals surface area contributed by atoms with Gasteiger partial charge in [0.1, 0.15) is 0 Å². The van der Waals surface area contributed by atoms with Gasteiger partial charge in [0.2, 0.25) is 0 Å². The molecule has 1 aromatic carbocycles. The van der Waals surface area contributed by atoms with E-state index in [0.29, 0.717) is 5.56 Å². The van der Waals surface area contributed by atoms with Crippen molar-refractivity contribution in [3.63, 3.8) is 0 Å². The van der Waals surface area contributed by atoms with Crippen LogP contribution < -0.4 is 5.32 Å². The van der Waals surface area contributed by atoms with Gasteiger partial charge < -0.3 is 10.1 Å². The minimum Gasteiger partial charge on any atom is -0.453 e. The van der Waals surface area contributed by atoms with Gasteiger partial charge in [-0.15, -0.1) is 0 Å². The van der Waals surface area contributed by atoms with Gasteiger partial charge in [0.15, 0.2) is 11.6 Å². The topological polar surface area (TPSA) is 38.3 Å². The second kappa shape index (κ2) is 5.12. The zero-order valence-electron chi connectivity index (χ0n) is 10.0. The van der Waals surface area contributed by atoms with Crippen molar-refractivity contribution < 1.29 is 18.3 Å². The molecule has 94 valence electrons. The van der Waals surface area contributed by atoms with Crippen molar-refractivity contribution in [3.05, 3.63) is 35.4 Å². The Bertz CT molecular complexity index is 419. The van der Waals surface area contributed by atoms with E-state index in [2.05, 4.69) is 10.1 Å². The van der Waals surface area contributed by atoms with Crippen LogP contribution in [0.4, 0.5) is 13.6 Å². The second-order valence-corrected chi connectivity index (χ2v) is 4.36. The van der Waals surface area contributed by atoms with Gasteiger partial charge in [0.25, 0.3) is 0 Å². The van der Waals surface area contributed by atoms with E-state index in [1.54, 1.807) is 0 Å². The van der Waals surface area contributed by atoms with E-state index in [4.69, 9.17) is 0 Å². The zero-order valence-corrected chi connectivity index (χ0v) is 10.0. The fourth-order valence-corrected chi connectivity index (χ4v) is 1.38. The summed E-state index contributed by atoms with van der Waals surface area (Å²) in [5.41, 5.74) is 0.0933. The number of nitrogens with one attached hydrogen (secondary N) is 1. The molecule has 0 aromatic heterocycles. The van der Waals surface area contributed by atoms with Gasteiger partial charge in [-0.1, -0.05) is 19.9 Å². The van der Waals surface area contributed by atoms with Crippen molar-refractivity contribution in [3.8, 4) is 0 Å². The lowest BCUT2D eigenvalue weighted by Crippen LogP contribution is -2.36. The number of hydrogen-bond donors (Lipinski definition) is 1. The third-order valence-electron chi connectivity index (χ3n) is 2.56. The van der Waals surface area contributed by atoms with Crippen LogP contribution in [0.5, 0.6) is 0 Å². The first-order chi connectivity index (χ1) is 7.86. The Hall–Kier alpha value is -1.65. The number of ether oxygens (including phenoxy) is 1. The maximum atomic E-state index is 13.1. The van der Waals surface area contributed by atoms with E-state index in [1.807, 2.05) is 13.8 Å². The molecule has 0 atom stereocenters. The van der Waals surface area contributed by atoms with Crippen molar-refractivity contribution in [1.29, 1.82) is 0 Å². The largest absolute Gasteiger partial charge is 0.453 e. The van der Waals surface area contributed by atoms with E-state index < -0.39 is 23.1 Å². The molecule has 1 N–H and O–H groups in total. The quantitative estimate of drug-likeness (QED) is 0.886. The van der Waals surface area contributed by atoms with Crippen LogP contribution in [0.2, 0.25) is 0 Å². The number of rotatable bonds is 3. The Balaban J connectivity index is 2.81. The first kappa shape index (κ1) is 13.4. The number of halogens is 2. The molecule has 0 aliphatic carbocycles. The maximum absolute atomic E-state index is 13.1. The van der Waals surface area contributed by atoms with Crippen LogP contribution in [0.15, 0.2) is 18.2 Å². The highest BCUT2D eigenvalue weighted by Gasteiger charge is 2.22. The molecule has 0 saturated carbocycles. The van der Waals surface area contributed by atoms with Gasteiger partial charge in [0.05, 0.1) is 7.11 Å². The minimum atomic E-state index is -0.895. The molecule has 0 bridgehead atoms. The highest BCUT2D eigenvalue weighted by atomic mass is 19.2. The summed E-state index contributed by atoms with van der Waals surface area (Å²) in [5.74, 6) is -1.78. The van der Waals surface area contributed by atoms with Crippen molar-refractivity contribution >= 4 is 6.09 Å². The van der Waals surface area contributed by atoms with Crippen LogP contribution in [0.25, 0.3) is 0 Å². The number of hydrogen-bond acceptors (Lipinski definition) is 2. The molecule has 0 unspecified atom stereocenters. The smallest absolute Gasteiger partial charge is 0.406 e. The van der Waals surface area contributed by atoms with E-state index in [1.165, 1.54) is 13.2 Å². The number of carbonyl (C=O) groups excluding carboxylic acids is 1. The zero-order chi connectivity index (χ0) is 13.1. The lowest BCUT2D eigenvalue weighted by Gasteiger charge is -2.25. The van der Waals surface area contributed by atoms with E-state index in [0.717, 1.165) is 12.1 Å². The monoisotopic (exact) mass is 243 g/mol. The van der Waals surface area contributed by atoms with Crippen LogP contribution >= 0.6 is 0 Å². The fraction of sp³-hybridized carbons (Fsp3) is 0.417. The summed E-state index contributed by atoms with van der Waals surface area (Å²) in [4.78, 5) is 10.9. The van der Waals surface area contributed by atoms with Crippen molar-refractivity contribution in [2.75, 3.05) is 13.7 Å². The SMILES string of the molecule is COC(=O)NCC(C)(C)c1ccc(F)c(F)c1. The average molecular weight is 243 g/mol. The third kappa shape index (κ3) is 3.41. The van der Waals surface area contributed by atoms with Gasteiger partial charge in [0, 0.05) is 12.0 Å². The summed E-state index contributed by atoms with van der Waals surface area (Å²) in [6.45, 7) is 3.90. The Labute approximate surface area is 98.8 Å². The summed E-state index contributed by atoms with van der Waals surface area (Å²) < 4.78 is 30.3. The van der Waals surface area contributed by atoms with E-state index >= 15 is 0 Å². The minimum absolute atomic E-state index is 0.269. The van der Waals surface area contributed by atoms with Crippen molar-refractivity contribution in [2.45, 2.75) is 19.3 Å². The van der Waals surface area contributed by atoms with Gasteiger partial charge in [-0.3, -0.25) is 0 Å². The fourth-order valence-electron chi connectivity index (χ4n) is 1.38. The highest BCUT2D eigenvalue weighted by molar-refractivity contribution is 5.67. The highest BCUT2D eigenvalue weighted by Crippen LogP contribution is 2.23. The predicted molar refractivity (Wildman–Crippen MR) is 59.8 cm³/mol. The molecular weight excluding hydrogens is 228 g/mol. The average Bonchev–Trinajstić information content (AvgIpc) is 2.29. The van der Waals surface area contributed by atoms with Crippen LogP contribution in [0.3, 0.4) is 0 Å². The Morgan fingerprint density at radius 1 is 1.35 bits per heavy atom. The van der Waals surface area contributed by atoms with Gasteiger partial charge in [-0.25, -0.2) is 13.6 Å². The first-order valence-electron chi connectivity index (χ1n) is 5.14. The molecule has 5 heteroatoms. The maximum Gasteiger partial charge on any atom is 0.406 e. The number of alkyl carbamates (subject to hydrolysis) is 1.